The van der Waals surface area contributed by atoms with Crippen molar-refractivity contribution < 1.29 is 4.74 Å². The van der Waals surface area contributed by atoms with E-state index in [0.29, 0.717) is 11.8 Å². The van der Waals surface area contributed by atoms with Crippen LogP contribution in [0.2, 0.25) is 30.7 Å². The second-order valence-electron chi connectivity index (χ2n) is 6.18. The molecule has 2 aromatic rings. The summed E-state index contributed by atoms with van der Waals surface area (Å²) < 4.78 is 7.67. The van der Waals surface area contributed by atoms with Gasteiger partial charge in [0.15, 0.2) is 5.65 Å². The molecule has 0 unspecified atom stereocenters. The molecule has 0 aliphatic carbocycles. The molecule has 2 aromatic heterocycles. The van der Waals surface area contributed by atoms with Gasteiger partial charge < -0.3 is 4.74 Å². The highest BCUT2D eigenvalue weighted by atomic mass is 35.5. The molecule has 0 aliphatic rings. The Morgan fingerprint density at radius 3 is 2.75 bits per heavy atom. The van der Waals surface area contributed by atoms with Gasteiger partial charge in [-0.25, -0.2) is 9.97 Å². The van der Waals surface area contributed by atoms with Gasteiger partial charge in [0.1, 0.15) is 12.2 Å². The van der Waals surface area contributed by atoms with Gasteiger partial charge in [-0.2, -0.15) is 0 Å². The van der Waals surface area contributed by atoms with Crippen LogP contribution in [0.15, 0.2) is 12.4 Å². The molecule has 110 valence electrons. The molecule has 4 nitrogen and oxygen atoms in total. The van der Waals surface area contributed by atoms with E-state index in [9.17, 15) is 0 Å². The Kier molecular flexibility index (Phi) is 4.83. The number of hydrogen-bond donors (Lipinski definition) is 0. The van der Waals surface area contributed by atoms with Crippen molar-refractivity contribution >= 4 is 30.8 Å². The van der Waals surface area contributed by atoms with Crippen LogP contribution in [-0.4, -0.2) is 29.2 Å². The number of imidazole rings is 1. The molecule has 0 spiro atoms. The van der Waals surface area contributed by atoms with Crippen LogP contribution >= 0.6 is 11.6 Å². The standard InChI is InChI=1S/C14H22ClN3OSi/c1-5-11-8-12(15)13-14(17-11)18(9-16-13)10-19-6-7-20(2,3)4/h8-9H,5-7,10H2,1-4H3. The highest BCUT2D eigenvalue weighted by Gasteiger charge is 2.13. The lowest BCUT2D eigenvalue weighted by Gasteiger charge is -2.15. The number of halogens is 1. The van der Waals surface area contributed by atoms with E-state index >= 15 is 0 Å². The van der Waals surface area contributed by atoms with Crippen LogP contribution in [0.1, 0.15) is 12.6 Å². The molecular weight excluding hydrogens is 290 g/mol. The van der Waals surface area contributed by atoms with Crippen molar-refractivity contribution in [2.45, 2.75) is 45.8 Å². The molecule has 0 saturated carbocycles. The van der Waals surface area contributed by atoms with E-state index in [0.717, 1.165) is 35.9 Å². The molecule has 2 rings (SSSR count). The van der Waals surface area contributed by atoms with E-state index in [2.05, 4.69) is 36.5 Å². The minimum atomic E-state index is -1.04. The van der Waals surface area contributed by atoms with E-state index in [4.69, 9.17) is 16.3 Å². The summed E-state index contributed by atoms with van der Waals surface area (Å²) in [6.45, 7) is 10.4. The monoisotopic (exact) mass is 311 g/mol. The van der Waals surface area contributed by atoms with Gasteiger partial charge in [-0.15, -0.1) is 0 Å². The maximum absolute atomic E-state index is 6.22. The number of pyridine rings is 1. The zero-order valence-corrected chi connectivity index (χ0v) is 14.4. The fraction of sp³-hybridized carbons (Fsp3) is 0.571. The predicted octanol–water partition coefficient (Wildman–Crippen LogP) is 3.96. The van der Waals surface area contributed by atoms with E-state index < -0.39 is 8.07 Å². The number of hydrogen-bond acceptors (Lipinski definition) is 3. The first-order valence-corrected chi connectivity index (χ1v) is 11.1. The van der Waals surface area contributed by atoms with Gasteiger partial charge in [0.25, 0.3) is 0 Å². The molecule has 2 heterocycles. The molecule has 0 saturated heterocycles. The molecule has 0 radical (unpaired) electrons. The summed E-state index contributed by atoms with van der Waals surface area (Å²) in [6.07, 6.45) is 2.61. The van der Waals surface area contributed by atoms with Gasteiger partial charge >= 0.3 is 0 Å². The Labute approximate surface area is 126 Å². The Bertz CT molecular complexity index is 592. The smallest absolute Gasteiger partial charge is 0.163 e. The Hall–Kier alpha value is -0.913. The Morgan fingerprint density at radius 2 is 2.10 bits per heavy atom. The number of aromatic nitrogens is 3. The summed E-state index contributed by atoms with van der Waals surface area (Å²) in [6, 6.07) is 3.04. The van der Waals surface area contributed by atoms with Gasteiger partial charge in [-0.3, -0.25) is 4.57 Å². The molecule has 0 amide bonds. The lowest BCUT2D eigenvalue weighted by molar-refractivity contribution is 0.0895. The fourth-order valence-electron chi connectivity index (χ4n) is 1.86. The van der Waals surface area contributed by atoms with Crippen LogP contribution in [0.5, 0.6) is 0 Å². The average molecular weight is 312 g/mol. The van der Waals surface area contributed by atoms with Crippen LogP contribution < -0.4 is 0 Å². The molecule has 0 aliphatic heterocycles. The first-order chi connectivity index (χ1) is 9.40. The summed E-state index contributed by atoms with van der Waals surface area (Å²) in [5, 5.41) is 0.660. The lowest BCUT2D eigenvalue weighted by Crippen LogP contribution is -2.22. The third-order valence-electron chi connectivity index (χ3n) is 3.17. The van der Waals surface area contributed by atoms with Crippen molar-refractivity contribution in [3.05, 3.63) is 23.1 Å². The summed E-state index contributed by atoms with van der Waals surface area (Å²) in [5.41, 5.74) is 2.53. The largest absolute Gasteiger partial charge is 0.361 e. The number of fused-ring (bicyclic) bond motifs is 1. The topological polar surface area (TPSA) is 39.9 Å². The second-order valence-corrected chi connectivity index (χ2v) is 12.2. The van der Waals surface area contributed by atoms with Gasteiger partial charge in [-0.05, 0) is 18.5 Å². The van der Waals surface area contributed by atoms with Gasteiger partial charge in [0, 0.05) is 20.4 Å². The van der Waals surface area contributed by atoms with Crippen molar-refractivity contribution in [1.29, 1.82) is 0 Å². The number of ether oxygens (including phenoxy) is 1. The van der Waals surface area contributed by atoms with Crippen LogP contribution in [-0.2, 0) is 17.9 Å². The molecule has 0 aromatic carbocycles. The molecule has 6 heteroatoms. The predicted molar refractivity (Wildman–Crippen MR) is 86.0 cm³/mol. The molecule has 0 bridgehead atoms. The SMILES string of the molecule is CCc1cc(Cl)c2ncn(COCC[Si](C)(C)C)c2n1. The van der Waals surface area contributed by atoms with Crippen molar-refractivity contribution in [3.8, 4) is 0 Å². The highest BCUT2D eigenvalue weighted by Crippen LogP contribution is 2.22. The number of nitrogens with zero attached hydrogens (tertiary/aromatic N) is 3. The minimum absolute atomic E-state index is 0.484. The zero-order valence-electron chi connectivity index (χ0n) is 12.6. The maximum atomic E-state index is 6.22. The quantitative estimate of drug-likeness (QED) is 0.599. The first-order valence-electron chi connectivity index (χ1n) is 6.98. The highest BCUT2D eigenvalue weighted by molar-refractivity contribution is 6.76. The van der Waals surface area contributed by atoms with Crippen molar-refractivity contribution in [3.63, 3.8) is 0 Å². The minimum Gasteiger partial charge on any atom is -0.361 e. The van der Waals surface area contributed by atoms with Crippen molar-refractivity contribution in [1.82, 2.24) is 14.5 Å². The fourth-order valence-corrected chi connectivity index (χ4v) is 2.88. The molecule has 20 heavy (non-hydrogen) atoms. The normalized spacial score (nSPS) is 12.2. The van der Waals surface area contributed by atoms with E-state index in [-0.39, 0.29) is 0 Å². The third-order valence-corrected chi connectivity index (χ3v) is 5.16. The molecule has 0 atom stereocenters. The van der Waals surface area contributed by atoms with E-state index in [1.165, 1.54) is 0 Å². The van der Waals surface area contributed by atoms with Crippen LogP contribution in [0.25, 0.3) is 11.2 Å². The second kappa shape index (κ2) is 6.24. The summed E-state index contributed by atoms with van der Waals surface area (Å²) in [4.78, 5) is 8.90. The average Bonchev–Trinajstić information content (AvgIpc) is 2.77. The summed E-state index contributed by atoms with van der Waals surface area (Å²) >= 11 is 6.22. The summed E-state index contributed by atoms with van der Waals surface area (Å²) in [7, 11) is -1.04. The van der Waals surface area contributed by atoms with E-state index in [1.54, 1.807) is 6.33 Å². The first kappa shape index (κ1) is 15.5. The van der Waals surface area contributed by atoms with Crippen molar-refractivity contribution in [2.75, 3.05) is 6.61 Å². The zero-order chi connectivity index (χ0) is 14.8. The number of aryl methyl sites for hydroxylation is 1. The number of rotatable bonds is 6. The van der Waals surface area contributed by atoms with Crippen LogP contribution in [0.3, 0.4) is 0 Å². The molecule has 0 fully saturated rings. The summed E-state index contributed by atoms with van der Waals surface area (Å²) in [5.74, 6) is 0. The van der Waals surface area contributed by atoms with Crippen LogP contribution in [0, 0.1) is 0 Å². The Morgan fingerprint density at radius 1 is 1.35 bits per heavy atom. The maximum Gasteiger partial charge on any atom is 0.163 e. The molecular formula is C14H22ClN3OSi. The van der Waals surface area contributed by atoms with Crippen LogP contribution in [0.4, 0.5) is 0 Å². The van der Waals surface area contributed by atoms with Gasteiger partial charge in [0.2, 0.25) is 0 Å². The lowest BCUT2D eigenvalue weighted by atomic mass is 10.3. The molecule has 0 N–H and O–H groups in total. The van der Waals surface area contributed by atoms with Crippen molar-refractivity contribution in [2.24, 2.45) is 0 Å². The van der Waals surface area contributed by atoms with E-state index in [1.807, 2.05) is 10.6 Å². The third kappa shape index (κ3) is 3.81. The van der Waals surface area contributed by atoms with Gasteiger partial charge in [-0.1, -0.05) is 38.2 Å². The Balaban J connectivity index is 2.09. The van der Waals surface area contributed by atoms with Gasteiger partial charge in [0.05, 0.1) is 11.3 Å².